The van der Waals surface area contributed by atoms with Crippen LogP contribution in [0.2, 0.25) is 0 Å². The van der Waals surface area contributed by atoms with E-state index in [1.165, 1.54) is 24.0 Å². The van der Waals surface area contributed by atoms with Crippen molar-refractivity contribution in [3.05, 3.63) is 59.7 Å². The number of aromatic nitrogens is 2. The third kappa shape index (κ3) is 2.88. The SMILES string of the molecule is COc1cccc(-c2nn(-c3ccccc3C)c3c2CCCCN3)c1. The molecule has 0 saturated heterocycles. The van der Waals surface area contributed by atoms with E-state index in [1.54, 1.807) is 7.11 Å². The summed E-state index contributed by atoms with van der Waals surface area (Å²) in [6, 6.07) is 16.6. The summed E-state index contributed by atoms with van der Waals surface area (Å²) in [4.78, 5) is 0. The Kier molecular flexibility index (Phi) is 4.18. The first kappa shape index (κ1) is 15.8. The summed E-state index contributed by atoms with van der Waals surface area (Å²) in [6.45, 7) is 3.12. The van der Waals surface area contributed by atoms with Crippen LogP contribution in [0, 0.1) is 6.92 Å². The highest BCUT2D eigenvalue weighted by molar-refractivity contribution is 5.72. The molecule has 25 heavy (non-hydrogen) atoms. The van der Waals surface area contributed by atoms with Gasteiger partial charge in [0.05, 0.1) is 18.5 Å². The van der Waals surface area contributed by atoms with E-state index in [2.05, 4.69) is 53.3 Å². The summed E-state index contributed by atoms with van der Waals surface area (Å²) < 4.78 is 7.48. The lowest BCUT2D eigenvalue weighted by atomic mass is 10.0. The minimum absolute atomic E-state index is 0.860. The minimum Gasteiger partial charge on any atom is -0.497 e. The molecule has 2 heterocycles. The topological polar surface area (TPSA) is 39.1 Å². The maximum atomic E-state index is 5.41. The van der Waals surface area contributed by atoms with Crippen molar-refractivity contribution in [3.8, 4) is 22.7 Å². The van der Waals surface area contributed by atoms with Crippen LogP contribution in [-0.4, -0.2) is 23.4 Å². The first-order chi connectivity index (χ1) is 12.3. The summed E-state index contributed by atoms with van der Waals surface area (Å²) in [5.74, 6) is 1.99. The van der Waals surface area contributed by atoms with E-state index in [4.69, 9.17) is 9.84 Å². The van der Waals surface area contributed by atoms with Crippen LogP contribution in [0.15, 0.2) is 48.5 Å². The fourth-order valence-electron chi connectivity index (χ4n) is 3.48. The van der Waals surface area contributed by atoms with Gasteiger partial charge in [0.15, 0.2) is 0 Å². The molecule has 1 N–H and O–H groups in total. The summed E-state index contributed by atoms with van der Waals surface area (Å²) in [5, 5.41) is 8.62. The minimum atomic E-state index is 0.860. The average Bonchev–Trinajstić information content (AvgIpc) is 2.83. The van der Waals surface area contributed by atoms with Crippen molar-refractivity contribution < 1.29 is 4.74 Å². The van der Waals surface area contributed by atoms with Gasteiger partial charge in [0.1, 0.15) is 11.6 Å². The number of rotatable bonds is 3. The average molecular weight is 333 g/mol. The maximum Gasteiger partial charge on any atom is 0.133 e. The monoisotopic (exact) mass is 333 g/mol. The van der Waals surface area contributed by atoms with Gasteiger partial charge in [-0.1, -0.05) is 30.3 Å². The second-order valence-corrected chi connectivity index (χ2v) is 6.49. The Hall–Kier alpha value is -2.75. The third-order valence-electron chi connectivity index (χ3n) is 4.82. The molecule has 4 nitrogen and oxygen atoms in total. The Morgan fingerprint density at radius 1 is 1.08 bits per heavy atom. The van der Waals surface area contributed by atoms with Gasteiger partial charge in [0.25, 0.3) is 0 Å². The summed E-state index contributed by atoms with van der Waals surface area (Å²) >= 11 is 0. The molecule has 0 saturated carbocycles. The van der Waals surface area contributed by atoms with Crippen molar-refractivity contribution in [2.24, 2.45) is 0 Å². The number of benzene rings is 2. The van der Waals surface area contributed by atoms with Crippen LogP contribution in [0.25, 0.3) is 16.9 Å². The predicted octanol–water partition coefficient (Wildman–Crippen LogP) is 4.60. The standard InChI is InChI=1S/C21H23N3O/c1-15-8-3-4-12-19(15)24-21-18(11-5-6-13-22-21)20(23-24)16-9-7-10-17(14-16)25-2/h3-4,7-10,12,14,22H,5-6,11,13H2,1-2H3. The largest absolute Gasteiger partial charge is 0.497 e. The van der Waals surface area contributed by atoms with Crippen LogP contribution in [0.5, 0.6) is 5.75 Å². The van der Waals surface area contributed by atoms with Crippen LogP contribution in [0.4, 0.5) is 5.82 Å². The summed E-state index contributed by atoms with van der Waals surface area (Å²) in [7, 11) is 1.70. The van der Waals surface area contributed by atoms with Crippen molar-refractivity contribution in [2.45, 2.75) is 26.2 Å². The fraction of sp³-hybridized carbons (Fsp3) is 0.286. The summed E-state index contributed by atoms with van der Waals surface area (Å²) in [5.41, 5.74) is 5.80. The molecule has 1 aromatic heterocycles. The van der Waals surface area contributed by atoms with Crippen LogP contribution in [-0.2, 0) is 6.42 Å². The van der Waals surface area contributed by atoms with Crippen molar-refractivity contribution >= 4 is 5.82 Å². The number of anilines is 1. The van der Waals surface area contributed by atoms with E-state index in [0.717, 1.165) is 41.5 Å². The van der Waals surface area contributed by atoms with E-state index in [-0.39, 0.29) is 0 Å². The first-order valence-corrected chi connectivity index (χ1v) is 8.84. The molecular weight excluding hydrogens is 310 g/mol. The molecule has 0 fully saturated rings. The molecule has 0 radical (unpaired) electrons. The predicted molar refractivity (Wildman–Crippen MR) is 102 cm³/mol. The molecule has 1 aliphatic rings. The number of ether oxygens (including phenoxy) is 1. The number of para-hydroxylation sites is 1. The van der Waals surface area contributed by atoms with Gasteiger partial charge in [-0.15, -0.1) is 0 Å². The van der Waals surface area contributed by atoms with E-state index >= 15 is 0 Å². The maximum absolute atomic E-state index is 5.41. The van der Waals surface area contributed by atoms with E-state index in [0.29, 0.717) is 0 Å². The van der Waals surface area contributed by atoms with Crippen LogP contribution in [0.3, 0.4) is 0 Å². The van der Waals surface area contributed by atoms with Crippen molar-refractivity contribution in [2.75, 3.05) is 19.0 Å². The molecule has 0 spiro atoms. The second-order valence-electron chi connectivity index (χ2n) is 6.49. The lowest BCUT2D eigenvalue weighted by molar-refractivity contribution is 0.415. The quantitative estimate of drug-likeness (QED) is 0.761. The van der Waals surface area contributed by atoms with Gasteiger partial charge in [-0.25, -0.2) is 4.68 Å². The van der Waals surface area contributed by atoms with Gasteiger partial charge in [-0.3, -0.25) is 0 Å². The molecule has 0 bridgehead atoms. The van der Waals surface area contributed by atoms with E-state index < -0.39 is 0 Å². The third-order valence-corrected chi connectivity index (χ3v) is 4.82. The van der Waals surface area contributed by atoms with Gasteiger partial charge in [0, 0.05) is 17.7 Å². The van der Waals surface area contributed by atoms with Crippen molar-refractivity contribution in [1.29, 1.82) is 0 Å². The number of methoxy groups -OCH3 is 1. The summed E-state index contributed by atoms with van der Waals surface area (Å²) in [6.07, 6.45) is 3.40. The lowest BCUT2D eigenvalue weighted by Gasteiger charge is -2.11. The Bertz CT molecular complexity index is 898. The number of hydrogen-bond acceptors (Lipinski definition) is 3. The zero-order chi connectivity index (χ0) is 17.2. The molecule has 0 aliphatic carbocycles. The Morgan fingerprint density at radius 2 is 1.96 bits per heavy atom. The molecule has 4 rings (SSSR count). The molecule has 0 unspecified atom stereocenters. The fourth-order valence-corrected chi connectivity index (χ4v) is 3.48. The van der Waals surface area contributed by atoms with Crippen molar-refractivity contribution in [1.82, 2.24) is 9.78 Å². The Labute approximate surface area is 148 Å². The van der Waals surface area contributed by atoms with Crippen LogP contribution in [0.1, 0.15) is 24.0 Å². The molecule has 4 heteroatoms. The van der Waals surface area contributed by atoms with Gasteiger partial charge in [-0.05, 0) is 49.9 Å². The number of nitrogens with one attached hydrogen (secondary N) is 1. The molecule has 0 atom stereocenters. The normalized spacial score (nSPS) is 13.7. The highest BCUT2D eigenvalue weighted by atomic mass is 16.5. The van der Waals surface area contributed by atoms with Crippen LogP contribution >= 0.6 is 0 Å². The number of fused-ring (bicyclic) bond motifs is 1. The Morgan fingerprint density at radius 3 is 2.80 bits per heavy atom. The number of nitrogens with zero attached hydrogens (tertiary/aromatic N) is 2. The van der Waals surface area contributed by atoms with Gasteiger partial charge >= 0.3 is 0 Å². The van der Waals surface area contributed by atoms with Gasteiger partial charge in [0.2, 0.25) is 0 Å². The van der Waals surface area contributed by atoms with Crippen molar-refractivity contribution in [3.63, 3.8) is 0 Å². The number of hydrogen-bond donors (Lipinski definition) is 1. The highest BCUT2D eigenvalue weighted by Gasteiger charge is 2.22. The van der Waals surface area contributed by atoms with E-state index in [9.17, 15) is 0 Å². The Balaban J connectivity index is 1.92. The molecule has 128 valence electrons. The zero-order valence-corrected chi connectivity index (χ0v) is 14.7. The van der Waals surface area contributed by atoms with Gasteiger partial charge in [-0.2, -0.15) is 5.10 Å². The molecule has 1 aliphatic heterocycles. The molecule has 3 aromatic rings. The second kappa shape index (κ2) is 6.63. The smallest absolute Gasteiger partial charge is 0.133 e. The zero-order valence-electron chi connectivity index (χ0n) is 14.7. The lowest BCUT2D eigenvalue weighted by Crippen LogP contribution is -2.08. The van der Waals surface area contributed by atoms with Gasteiger partial charge < -0.3 is 10.1 Å². The highest BCUT2D eigenvalue weighted by Crippen LogP contribution is 2.35. The molecular formula is C21H23N3O. The number of aryl methyl sites for hydroxylation is 1. The van der Waals surface area contributed by atoms with E-state index in [1.807, 2.05) is 12.1 Å². The molecule has 0 amide bonds. The first-order valence-electron chi connectivity index (χ1n) is 8.84. The van der Waals surface area contributed by atoms with Crippen LogP contribution < -0.4 is 10.1 Å². The molecule has 2 aromatic carbocycles.